The topological polar surface area (TPSA) is 54.3 Å². The second kappa shape index (κ2) is 7.21. The highest BCUT2D eigenvalue weighted by Gasteiger charge is 2.13. The Morgan fingerprint density at radius 2 is 1.80 bits per heavy atom. The zero-order chi connectivity index (χ0) is 17.8. The van der Waals surface area contributed by atoms with Gasteiger partial charge in [0, 0.05) is 32.1 Å². The van der Waals surface area contributed by atoms with Gasteiger partial charge >= 0.3 is 0 Å². The normalized spacial score (nSPS) is 10.6. The van der Waals surface area contributed by atoms with Gasteiger partial charge in [-0.15, -0.1) is 0 Å². The lowest BCUT2D eigenvalue weighted by molar-refractivity contribution is -0.131. The Hall–Kier alpha value is -3.08. The maximum absolute atomic E-state index is 12.6. The van der Waals surface area contributed by atoms with E-state index in [1.54, 1.807) is 4.90 Å². The van der Waals surface area contributed by atoms with Crippen LogP contribution in [0, 0.1) is 0 Å². The van der Waals surface area contributed by atoms with E-state index in [9.17, 15) is 9.59 Å². The van der Waals surface area contributed by atoms with Crippen molar-refractivity contribution < 1.29 is 9.59 Å². The number of fused-ring (bicyclic) bond motifs is 1. The molecule has 128 valence electrons. The fourth-order valence-electron chi connectivity index (χ4n) is 2.87. The number of likely N-dealkylation sites (N-methyl/N-ethyl adjacent to an activating group) is 1. The zero-order valence-electron chi connectivity index (χ0n) is 14.4. The SMILES string of the molecule is CC(=O)Nc1cccc2c1ccn2CC(=O)N(C)Cc1ccccc1. The summed E-state index contributed by atoms with van der Waals surface area (Å²) in [5.41, 5.74) is 2.78. The van der Waals surface area contributed by atoms with Crippen LogP contribution in [0.3, 0.4) is 0 Å². The molecule has 1 N–H and O–H groups in total. The number of nitrogens with zero attached hydrogens (tertiary/aromatic N) is 2. The summed E-state index contributed by atoms with van der Waals surface area (Å²) in [5, 5.41) is 3.75. The molecule has 0 spiro atoms. The number of anilines is 1. The van der Waals surface area contributed by atoms with Crippen LogP contribution in [0.15, 0.2) is 60.8 Å². The smallest absolute Gasteiger partial charge is 0.242 e. The van der Waals surface area contributed by atoms with Crippen molar-refractivity contribution in [3.63, 3.8) is 0 Å². The third kappa shape index (κ3) is 3.88. The summed E-state index contributed by atoms with van der Waals surface area (Å²) in [5.74, 6) is -0.0785. The van der Waals surface area contributed by atoms with E-state index in [-0.39, 0.29) is 18.4 Å². The lowest BCUT2D eigenvalue weighted by Crippen LogP contribution is -2.29. The molecule has 0 saturated heterocycles. The van der Waals surface area contributed by atoms with Crippen LogP contribution in [0.2, 0.25) is 0 Å². The van der Waals surface area contributed by atoms with Crippen LogP contribution in [0.1, 0.15) is 12.5 Å². The van der Waals surface area contributed by atoms with Crippen LogP contribution in [-0.2, 0) is 22.7 Å². The third-order valence-electron chi connectivity index (χ3n) is 4.12. The van der Waals surface area contributed by atoms with Crippen molar-refractivity contribution in [3.8, 4) is 0 Å². The average Bonchev–Trinajstić information content (AvgIpc) is 2.99. The fraction of sp³-hybridized carbons (Fsp3) is 0.200. The molecule has 0 unspecified atom stereocenters. The molecule has 0 radical (unpaired) electrons. The maximum atomic E-state index is 12.6. The van der Waals surface area contributed by atoms with E-state index in [0.29, 0.717) is 6.54 Å². The minimum Gasteiger partial charge on any atom is -0.340 e. The lowest BCUT2D eigenvalue weighted by Gasteiger charge is -2.18. The van der Waals surface area contributed by atoms with Crippen molar-refractivity contribution in [1.29, 1.82) is 0 Å². The molecular formula is C20H21N3O2. The van der Waals surface area contributed by atoms with Crippen LogP contribution in [0.5, 0.6) is 0 Å². The summed E-state index contributed by atoms with van der Waals surface area (Å²) >= 11 is 0. The Kier molecular flexibility index (Phi) is 4.84. The molecule has 0 bridgehead atoms. The van der Waals surface area contributed by atoms with Crippen LogP contribution in [-0.4, -0.2) is 28.3 Å². The van der Waals surface area contributed by atoms with Crippen LogP contribution in [0.25, 0.3) is 10.9 Å². The fourth-order valence-corrected chi connectivity index (χ4v) is 2.87. The van der Waals surface area contributed by atoms with Gasteiger partial charge < -0.3 is 14.8 Å². The van der Waals surface area contributed by atoms with E-state index in [4.69, 9.17) is 0 Å². The van der Waals surface area contributed by atoms with Gasteiger partial charge in [0.1, 0.15) is 6.54 Å². The van der Waals surface area contributed by atoms with Crippen molar-refractivity contribution in [3.05, 3.63) is 66.4 Å². The predicted molar refractivity (Wildman–Crippen MR) is 99.2 cm³/mol. The van der Waals surface area contributed by atoms with E-state index in [2.05, 4.69) is 5.32 Å². The second-order valence-electron chi connectivity index (χ2n) is 6.10. The van der Waals surface area contributed by atoms with Crippen LogP contribution in [0.4, 0.5) is 5.69 Å². The first-order valence-electron chi connectivity index (χ1n) is 8.18. The van der Waals surface area contributed by atoms with Crippen LogP contribution >= 0.6 is 0 Å². The van der Waals surface area contributed by atoms with Gasteiger partial charge in [-0.1, -0.05) is 36.4 Å². The van der Waals surface area contributed by atoms with Gasteiger partial charge in [-0.3, -0.25) is 9.59 Å². The first kappa shape index (κ1) is 16.8. The molecule has 0 aliphatic rings. The number of benzene rings is 2. The van der Waals surface area contributed by atoms with Gasteiger partial charge in [0.2, 0.25) is 11.8 Å². The number of carbonyl (C=O) groups excluding carboxylic acids is 2. The Balaban J connectivity index is 1.76. The van der Waals surface area contributed by atoms with Crippen molar-refractivity contribution in [2.75, 3.05) is 12.4 Å². The number of nitrogens with one attached hydrogen (secondary N) is 1. The van der Waals surface area contributed by atoms with E-state index in [1.165, 1.54) is 6.92 Å². The minimum absolute atomic E-state index is 0.0336. The summed E-state index contributed by atoms with van der Waals surface area (Å²) in [6, 6.07) is 17.5. The van der Waals surface area contributed by atoms with Crippen molar-refractivity contribution in [1.82, 2.24) is 9.47 Å². The zero-order valence-corrected chi connectivity index (χ0v) is 14.4. The molecule has 25 heavy (non-hydrogen) atoms. The molecule has 3 aromatic rings. The molecule has 2 aromatic carbocycles. The van der Waals surface area contributed by atoms with Crippen molar-refractivity contribution >= 4 is 28.4 Å². The summed E-state index contributed by atoms with van der Waals surface area (Å²) in [7, 11) is 1.81. The van der Waals surface area contributed by atoms with E-state index >= 15 is 0 Å². The third-order valence-corrected chi connectivity index (χ3v) is 4.12. The van der Waals surface area contributed by atoms with Gasteiger partial charge in [-0.05, 0) is 23.8 Å². The van der Waals surface area contributed by atoms with E-state index < -0.39 is 0 Å². The first-order chi connectivity index (χ1) is 12.0. The highest BCUT2D eigenvalue weighted by atomic mass is 16.2. The van der Waals surface area contributed by atoms with Gasteiger partial charge in [0.05, 0.1) is 11.2 Å². The van der Waals surface area contributed by atoms with Crippen LogP contribution < -0.4 is 5.32 Å². The first-order valence-corrected chi connectivity index (χ1v) is 8.18. The standard InChI is InChI=1S/C20H21N3O2/c1-15(24)21-18-9-6-10-19-17(18)11-12-23(19)14-20(25)22(2)13-16-7-4-3-5-8-16/h3-12H,13-14H2,1-2H3,(H,21,24). The molecule has 3 rings (SSSR count). The molecule has 0 saturated carbocycles. The Bertz CT molecular complexity index is 900. The molecule has 0 aliphatic carbocycles. The molecule has 1 aromatic heterocycles. The largest absolute Gasteiger partial charge is 0.340 e. The Morgan fingerprint density at radius 3 is 2.52 bits per heavy atom. The van der Waals surface area contributed by atoms with E-state index in [1.807, 2.05) is 72.4 Å². The van der Waals surface area contributed by atoms with Gasteiger partial charge in [-0.25, -0.2) is 0 Å². The highest BCUT2D eigenvalue weighted by molar-refractivity contribution is 6.01. The summed E-state index contributed by atoms with van der Waals surface area (Å²) < 4.78 is 1.91. The molecule has 5 heteroatoms. The van der Waals surface area contributed by atoms with Gasteiger partial charge in [0.15, 0.2) is 0 Å². The molecule has 1 heterocycles. The number of aromatic nitrogens is 1. The van der Waals surface area contributed by atoms with E-state index in [0.717, 1.165) is 22.2 Å². The molecule has 5 nitrogen and oxygen atoms in total. The quantitative estimate of drug-likeness (QED) is 0.778. The maximum Gasteiger partial charge on any atom is 0.242 e. The van der Waals surface area contributed by atoms with Gasteiger partial charge in [-0.2, -0.15) is 0 Å². The molecular weight excluding hydrogens is 314 g/mol. The molecule has 0 fully saturated rings. The minimum atomic E-state index is -0.112. The number of hydrogen-bond donors (Lipinski definition) is 1. The Morgan fingerprint density at radius 1 is 1.04 bits per heavy atom. The van der Waals surface area contributed by atoms with Gasteiger partial charge in [0.25, 0.3) is 0 Å². The second-order valence-corrected chi connectivity index (χ2v) is 6.10. The number of hydrogen-bond acceptors (Lipinski definition) is 2. The molecule has 2 amide bonds. The summed E-state index contributed by atoms with van der Waals surface area (Å²) in [6.45, 7) is 2.32. The molecule has 0 aliphatic heterocycles. The average molecular weight is 335 g/mol. The summed E-state index contributed by atoms with van der Waals surface area (Å²) in [6.07, 6.45) is 1.88. The number of amides is 2. The Labute approximate surface area is 146 Å². The molecule has 0 atom stereocenters. The van der Waals surface area contributed by atoms with Crippen molar-refractivity contribution in [2.45, 2.75) is 20.0 Å². The van der Waals surface area contributed by atoms with Crippen molar-refractivity contribution in [2.24, 2.45) is 0 Å². The number of carbonyl (C=O) groups is 2. The predicted octanol–water partition coefficient (Wildman–Crippen LogP) is 3.26. The lowest BCUT2D eigenvalue weighted by atomic mass is 10.2. The number of rotatable bonds is 5. The highest BCUT2D eigenvalue weighted by Crippen LogP contribution is 2.24. The summed E-state index contributed by atoms with van der Waals surface area (Å²) in [4.78, 5) is 25.6. The monoisotopic (exact) mass is 335 g/mol.